The summed E-state index contributed by atoms with van der Waals surface area (Å²) in [5, 5.41) is 21.0. The Balaban J connectivity index is 1.95. The largest absolute Gasteiger partial charge is 0.388 e. The fourth-order valence-corrected chi connectivity index (χ4v) is 3.53. The molecule has 0 heterocycles. The Morgan fingerprint density at radius 2 is 1.52 bits per heavy atom. The van der Waals surface area contributed by atoms with E-state index in [2.05, 4.69) is 32.9 Å². The first-order valence-electron chi connectivity index (χ1n) is 9.32. The molecule has 2 rings (SSSR count). The molecule has 0 aliphatic rings. The fraction of sp³-hybridized carbons (Fsp3) is 0.478. The number of aliphatic hydroxyl groups excluding tert-OH is 1. The van der Waals surface area contributed by atoms with Gasteiger partial charge in [0, 0.05) is 0 Å². The molecule has 0 bridgehead atoms. The summed E-state index contributed by atoms with van der Waals surface area (Å²) in [6, 6.07) is 18.1. The van der Waals surface area contributed by atoms with E-state index in [9.17, 15) is 10.2 Å². The predicted octanol–water partition coefficient (Wildman–Crippen LogP) is 5.24. The Hall–Kier alpha value is -1.64. The minimum Gasteiger partial charge on any atom is -0.388 e. The summed E-state index contributed by atoms with van der Waals surface area (Å²) in [6.45, 7) is 8.32. The topological polar surface area (TPSA) is 40.5 Å². The van der Waals surface area contributed by atoms with Gasteiger partial charge in [0.2, 0.25) is 0 Å². The van der Waals surface area contributed by atoms with Crippen molar-refractivity contribution in [3.8, 4) is 0 Å². The average Bonchev–Trinajstić information content (AvgIpc) is 2.55. The molecular weight excluding hydrogens is 308 g/mol. The normalized spacial score (nSPS) is 16.4. The molecule has 3 unspecified atom stereocenters. The summed E-state index contributed by atoms with van der Waals surface area (Å²) >= 11 is 0. The first-order valence-corrected chi connectivity index (χ1v) is 9.32. The second-order valence-electron chi connectivity index (χ2n) is 8.04. The number of rotatable bonds is 8. The van der Waals surface area contributed by atoms with E-state index in [-0.39, 0.29) is 6.10 Å². The second-order valence-corrected chi connectivity index (χ2v) is 8.04. The minimum absolute atomic E-state index is 0.363. The second kappa shape index (κ2) is 8.64. The predicted molar refractivity (Wildman–Crippen MR) is 104 cm³/mol. The quantitative estimate of drug-likeness (QED) is 0.689. The standard InChI is InChI=1S/C23H32O2/c1-17(2)14-22(24)20-12-10-19(11-13-20)15-18(3)16-23(4,25)21-8-6-5-7-9-21/h5-13,17-18,22,24-25H,14-16H2,1-4H3. The molecule has 136 valence electrons. The summed E-state index contributed by atoms with van der Waals surface area (Å²) in [5.74, 6) is 0.844. The Labute approximate surface area is 152 Å². The van der Waals surface area contributed by atoms with Gasteiger partial charge >= 0.3 is 0 Å². The highest BCUT2D eigenvalue weighted by atomic mass is 16.3. The molecule has 0 amide bonds. The number of hydrogen-bond donors (Lipinski definition) is 2. The molecule has 0 saturated heterocycles. The van der Waals surface area contributed by atoms with Gasteiger partial charge in [-0.15, -0.1) is 0 Å². The zero-order valence-electron chi connectivity index (χ0n) is 15.9. The third-order valence-electron chi connectivity index (χ3n) is 4.78. The molecule has 2 aromatic carbocycles. The van der Waals surface area contributed by atoms with Crippen LogP contribution >= 0.6 is 0 Å². The molecule has 0 aromatic heterocycles. The number of hydrogen-bond acceptors (Lipinski definition) is 2. The van der Waals surface area contributed by atoms with Crippen LogP contribution in [0.5, 0.6) is 0 Å². The van der Waals surface area contributed by atoms with Crippen molar-refractivity contribution < 1.29 is 10.2 Å². The monoisotopic (exact) mass is 340 g/mol. The molecule has 2 nitrogen and oxygen atoms in total. The van der Waals surface area contributed by atoms with Gasteiger partial charge in [-0.2, -0.15) is 0 Å². The summed E-state index contributed by atoms with van der Waals surface area (Å²) in [6.07, 6.45) is 2.04. The van der Waals surface area contributed by atoms with E-state index in [4.69, 9.17) is 0 Å². The molecule has 0 aliphatic heterocycles. The van der Waals surface area contributed by atoms with E-state index < -0.39 is 5.60 Å². The van der Waals surface area contributed by atoms with E-state index in [0.29, 0.717) is 11.8 Å². The highest BCUT2D eigenvalue weighted by Crippen LogP contribution is 2.30. The van der Waals surface area contributed by atoms with Gasteiger partial charge in [0.25, 0.3) is 0 Å². The molecule has 3 atom stereocenters. The van der Waals surface area contributed by atoms with Crippen LogP contribution in [0.2, 0.25) is 0 Å². The Morgan fingerprint density at radius 1 is 0.920 bits per heavy atom. The molecule has 2 aromatic rings. The summed E-state index contributed by atoms with van der Waals surface area (Å²) in [7, 11) is 0. The SMILES string of the molecule is CC(C)CC(O)c1ccc(CC(C)CC(C)(O)c2ccccc2)cc1. The third kappa shape index (κ3) is 5.98. The highest BCUT2D eigenvalue weighted by molar-refractivity contribution is 5.25. The van der Waals surface area contributed by atoms with Crippen LogP contribution in [0, 0.1) is 11.8 Å². The summed E-state index contributed by atoms with van der Waals surface area (Å²) in [4.78, 5) is 0. The fourth-order valence-electron chi connectivity index (χ4n) is 3.53. The van der Waals surface area contributed by atoms with Crippen molar-refractivity contribution in [2.24, 2.45) is 11.8 Å². The maximum absolute atomic E-state index is 10.8. The number of aliphatic hydroxyl groups is 2. The van der Waals surface area contributed by atoms with Crippen LogP contribution in [0.3, 0.4) is 0 Å². The first-order chi connectivity index (χ1) is 11.8. The van der Waals surface area contributed by atoms with Gasteiger partial charge in [0.1, 0.15) is 0 Å². The maximum atomic E-state index is 10.8. The van der Waals surface area contributed by atoms with Crippen molar-refractivity contribution in [3.63, 3.8) is 0 Å². The zero-order valence-corrected chi connectivity index (χ0v) is 15.9. The average molecular weight is 341 g/mol. The molecule has 2 N–H and O–H groups in total. The van der Waals surface area contributed by atoms with Crippen LogP contribution in [0.15, 0.2) is 54.6 Å². The molecule has 0 spiro atoms. The van der Waals surface area contributed by atoms with Crippen LogP contribution in [0.4, 0.5) is 0 Å². The lowest BCUT2D eigenvalue weighted by molar-refractivity contribution is 0.0325. The van der Waals surface area contributed by atoms with Gasteiger partial charge < -0.3 is 10.2 Å². The Bertz CT molecular complexity index is 629. The van der Waals surface area contributed by atoms with Crippen molar-refractivity contribution in [1.29, 1.82) is 0 Å². The molecule has 0 aliphatic carbocycles. The van der Waals surface area contributed by atoms with Crippen molar-refractivity contribution >= 4 is 0 Å². The van der Waals surface area contributed by atoms with E-state index in [0.717, 1.165) is 30.4 Å². The molecular formula is C23H32O2. The van der Waals surface area contributed by atoms with Crippen molar-refractivity contribution in [2.45, 2.75) is 58.7 Å². The highest BCUT2D eigenvalue weighted by Gasteiger charge is 2.25. The van der Waals surface area contributed by atoms with Crippen molar-refractivity contribution in [3.05, 3.63) is 71.3 Å². The molecule has 0 saturated carbocycles. The Kier molecular flexibility index (Phi) is 6.80. The molecule has 2 heteroatoms. The van der Waals surface area contributed by atoms with Crippen molar-refractivity contribution in [1.82, 2.24) is 0 Å². The van der Waals surface area contributed by atoms with Gasteiger partial charge in [0.05, 0.1) is 11.7 Å². The van der Waals surface area contributed by atoms with Gasteiger partial charge in [-0.25, -0.2) is 0 Å². The lowest BCUT2D eigenvalue weighted by Gasteiger charge is -2.27. The zero-order chi connectivity index (χ0) is 18.4. The van der Waals surface area contributed by atoms with E-state index >= 15 is 0 Å². The lowest BCUT2D eigenvalue weighted by atomic mass is 9.84. The van der Waals surface area contributed by atoms with Crippen LogP contribution in [-0.2, 0) is 12.0 Å². The maximum Gasteiger partial charge on any atom is 0.0871 e. The number of benzene rings is 2. The van der Waals surface area contributed by atoms with Gasteiger partial charge in [0.15, 0.2) is 0 Å². The van der Waals surface area contributed by atoms with E-state index in [1.165, 1.54) is 5.56 Å². The summed E-state index contributed by atoms with van der Waals surface area (Å²) in [5.41, 5.74) is 2.39. The van der Waals surface area contributed by atoms with Gasteiger partial charge in [-0.1, -0.05) is 75.4 Å². The molecule has 0 radical (unpaired) electrons. The Morgan fingerprint density at radius 3 is 2.08 bits per heavy atom. The summed E-state index contributed by atoms with van der Waals surface area (Å²) < 4.78 is 0. The van der Waals surface area contributed by atoms with Crippen LogP contribution in [0.1, 0.15) is 63.3 Å². The van der Waals surface area contributed by atoms with E-state index in [1.807, 2.05) is 49.4 Å². The first kappa shape index (κ1) is 19.7. The van der Waals surface area contributed by atoms with Gasteiger partial charge in [-0.05, 0) is 54.7 Å². The third-order valence-corrected chi connectivity index (χ3v) is 4.78. The molecule has 0 fully saturated rings. The van der Waals surface area contributed by atoms with Crippen LogP contribution < -0.4 is 0 Å². The van der Waals surface area contributed by atoms with Crippen molar-refractivity contribution in [2.75, 3.05) is 0 Å². The minimum atomic E-state index is -0.811. The molecule has 25 heavy (non-hydrogen) atoms. The lowest BCUT2D eigenvalue weighted by Crippen LogP contribution is -2.24. The van der Waals surface area contributed by atoms with Gasteiger partial charge in [-0.3, -0.25) is 0 Å². The van der Waals surface area contributed by atoms with E-state index in [1.54, 1.807) is 0 Å². The van der Waals surface area contributed by atoms with Crippen LogP contribution in [-0.4, -0.2) is 10.2 Å². The van der Waals surface area contributed by atoms with Crippen LogP contribution in [0.25, 0.3) is 0 Å². The smallest absolute Gasteiger partial charge is 0.0871 e.